The van der Waals surface area contributed by atoms with Crippen molar-refractivity contribution in [3.05, 3.63) is 29.6 Å². The molecule has 2 aliphatic rings. The number of nitrogens with one attached hydrogen (secondary N) is 1. The lowest BCUT2D eigenvalue weighted by Crippen LogP contribution is -2.18. The summed E-state index contributed by atoms with van der Waals surface area (Å²) >= 11 is 0. The zero-order valence-corrected chi connectivity index (χ0v) is 8.80. The van der Waals surface area contributed by atoms with Gasteiger partial charge in [-0.25, -0.2) is 4.39 Å². The highest BCUT2D eigenvalue weighted by Gasteiger charge is 2.32. The molecule has 80 valence electrons. The summed E-state index contributed by atoms with van der Waals surface area (Å²) in [7, 11) is 0. The van der Waals surface area contributed by atoms with Crippen molar-refractivity contribution in [3.63, 3.8) is 0 Å². The van der Waals surface area contributed by atoms with Crippen LogP contribution in [0.5, 0.6) is 0 Å². The lowest BCUT2D eigenvalue weighted by Gasteiger charge is -2.16. The third-order valence-electron chi connectivity index (χ3n) is 3.77. The van der Waals surface area contributed by atoms with Crippen LogP contribution in [0.2, 0.25) is 0 Å². The summed E-state index contributed by atoms with van der Waals surface area (Å²) in [4.78, 5) is 0. The highest BCUT2D eigenvalue weighted by molar-refractivity contribution is 5.59. The monoisotopic (exact) mass is 205 g/mol. The molecule has 1 N–H and O–H groups in total. The van der Waals surface area contributed by atoms with E-state index in [0.29, 0.717) is 12.0 Å². The number of hydrogen-bond acceptors (Lipinski definition) is 1. The molecule has 1 saturated carbocycles. The molecule has 0 saturated heterocycles. The smallest absolute Gasteiger partial charge is 0.125 e. The van der Waals surface area contributed by atoms with Crippen LogP contribution in [-0.4, -0.2) is 6.04 Å². The molecule has 3 rings (SSSR count). The van der Waals surface area contributed by atoms with Gasteiger partial charge in [-0.15, -0.1) is 0 Å². The third kappa shape index (κ3) is 1.52. The predicted octanol–water partition coefficient (Wildman–Crippen LogP) is 3.67. The van der Waals surface area contributed by atoms with Crippen LogP contribution in [0.4, 0.5) is 10.1 Å². The predicted molar refractivity (Wildman–Crippen MR) is 59.6 cm³/mol. The van der Waals surface area contributed by atoms with Crippen LogP contribution in [-0.2, 0) is 0 Å². The Bertz CT molecular complexity index is 375. The summed E-state index contributed by atoms with van der Waals surface area (Å²) in [6, 6.07) is 5.76. The largest absolute Gasteiger partial charge is 0.381 e. The normalized spacial score (nSPS) is 28.9. The Morgan fingerprint density at radius 2 is 2.00 bits per heavy atom. The van der Waals surface area contributed by atoms with Gasteiger partial charge in [0.1, 0.15) is 5.82 Å². The molecule has 15 heavy (non-hydrogen) atoms. The van der Waals surface area contributed by atoms with Crippen LogP contribution in [0.25, 0.3) is 0 Å². The van der Waals surface area contributed by atoms with E-state index in [4.69, 9.17) is 0 Å². The Hall–Kier alpha value is -1.05. The number of anilines is 1. The van der Waals surface area contributed by atoms with E-state index >= 15 is 0 Å². The van der Waals surface area contributed by atoms with Crippen molar-refractivity contribution in [2.45, 2.75) is 44.1 Å². The maximum atomic E-state index is 13.1. The quantitative estimate of drug-likeness (QED) is 0.681. The van der Waals surface area contributed by atoms with Crippen molar-refractivity contribution in [1.29, 1.82) is 0 Å². The van der Waals surface area contributed by atoms with Gasteiger partial charge < -0.3 is 5.32 Å². The van der Waals surface area contributed by atoms with Crippen molar-refractivity contribution in [2.24, 2.45) is 0 Å². The lowest BCUT2D eigenvalue weighted by molar-refractivity contribution is 0.562. The van der Waals surface area contributed by atoms with Gasteiger partial charge in [0.15, 0.2) is 0 Å². The Labute approximate surface area is 89.7 Å². The van der Waals surface area contributed by atoms with Crippen molar-refractivity contribution in [3.8, 4) is 0 Å². The van der Waals surface area contributed by atoms with Gasteiger partial charge in [-0.2, -0.15) is 0 Å². The molecule has 2 unspecified atom stereocenters. The molecule has 0 aromatic heterocycles. The average Bonchev–Trinajstić information content (AvgIpc) is 2.42. The van der Waals surface area contributed by atoms with Gasteiger partial charge in [0, 0.05) is 17.6 Å². The van der Waals surface area contributed by atoms with Gasteiger partial charge in [-0.1, -0.05) is 25.3 Å². The number of benzene rings is 1. The van der Waals surface area contributed by atoms with Gasteiger partial charge in [-0.3, -0.25) is 0 Å². The first-order valence-electron chi connectivity index (χ1n) is 5.90. The van der Waals surface area contributed by atoms with Crippen LogP contribution in [0, 0.1) is 5.82 Å². The molecule has 0 radical (unpaired) electrons. The minimum absolute atomic E-state index is 0.127. The number of hydrogen-bond donors (Lipinski definition) is 1. The zero-order valence-electron chi connectivity index (χ0n) is 8.80. The zero-order chi connectivity index (χ0) is 10.3. The maximum Gasteiger partial charge on any atom is 0.125 e. The van der Waals surface area contributed by atoms with Crippen LogP contribution in [0.15, 0.2) is 18.2 Å². The standard InChI is InChI=1S/C13H16FN/c14-9-6-7-11-10-4-2-1-3-5-12(10)15-13(11)8-9/h6-8,10,12,15H,1-5H2. The van der Waals surface area contributed by atoms with Crippen molar-refractivity contribution in [2.75, 3.05) is 5.32 Å². The Balaban J connectivity index is 1.97. The van der Waals surface area contributed by atoms with Gasteiger partial charge in [-0.05, 0) is 30.5 Å². The molecule has 1 aromatic rings. The second-order valence-corrected chi connectivity index (χ2v) is 4.73. The molecule has 0 spiro atoms. The van der Waals surface area contributed by atoms with E-state index in [1.54, 1.807) is 12.1 Å². The van der Waals surface area contributed by atoms with Gasteiger partial charge in [0.25, 0.3) is 0 Å². The molecule has 2 heteroatoms. The van der Waals surface area contributed by atoms with Gasteiger partial charge >= 0.3 is 0 Å². The van der Waals surface area contributed by atoms with Crippen LogP contribution in [0.3, 0.4) is 0 Å². The van der Waals surface area contributed by atoms with Gasteiger partial charge in [0.2, 0.25) is 0 Å². The SMILES string of the molecule is Fc1ccc2c(c1)NC1CCCCCC21. The summed E-state index contributed by atoms with van der Waals surface area (Å²) in [5, 5.41) is 3.48. The Morgan fingerprint density at radius 1 is 1.13 bits per heavy atom. The first-order valence-corrected chi connectivity index (χ1v) is 5.90. The number of rotatable bonds is 0. The molecule has 0 amide bonds. The Morgan fingerprint density at radius 3 is 2.93 bits per heavy atom. The van der Waals surface area contributed by atoms with Crippen molar-refractivity contribution in [1.82, 2.24) is 0 Å². The highest BCUT2D eigenvalue weighted by Crippen LogP contribution is 2.42. The summed E-state index contributed by atoms with van der Waals surface area (Å²) in [6.07, 6.45) is 6.48. The second kappa shape index (κ2) is 3.51. The summed E-state index contributed by atoms with van der Waals surface area (Å²) in [6.45, 7) is 0. The molecular weight excluding hydrogens is 189 g/mol. The molecule has 1 heterocycles. The third-order valence-corrected chi connectivity index (χ3v) is 3.77. The van der Waals surface area contributed by atoms with E-state index in [9.17, 15) is 4.39 Å². The average molecular weight is 205 g/mol. The van der Waals surface area contributed by atoms with Crippen LogP contribution in [0.1, 0.15) is 43.6 Å². The summed E-state index contributed by atoms with van der Waals surface area (Å²) in [5.41, 5.74) is 2.37. The van der Waals surface area contributed by atoms with Crippen LogP contribution >= 0.6 is 0 Å². The minimum Gasteiger partial charge on any atom is -0.381 e. The Kier molecular flexibility index (Phi) is 2.15. The number of fused-ring (bicyclic) bond motifs is 3. The fraction of sp³-hybridized carbons (Fsp3) is 0.538. The summed E-state index contributed by atoms with van der Waals surface area (Å²) in [5.74, 6) is 0.501. The fourth-order valence-electron chi connectivity index (χ4n) is 3.03. The number of halogens is 1. The molecule has 2 atom stereocenters. The van der Waals surface area contributed by atoms with Crippen molar-refractivity contribution >= 4 is 5.69 Å². The van der Waals surface area contributed by atoms with E-state index in [2.05, 4.69) is 5.32 Å². The topological polar surface area (TPSA) is 12.0 Å². The van der Waals surface area contributed by atoms with Gasteiger partial charge in [0.05, 0.1) is 0 Å². The second-order valence-electron chi connectivity index (χ2n) is 4.73. The molecule has 1 nitrogen and oxygen atoms in total. The minimum atomic E-state index is -0.127. The fourth-order valence-corrected chi connectivity index (χ4v) is 3.03. The van der Waals surface area contributed by atoms with E-state index in [1.165, 1.54) is 37.7 Å². The van der Waals surface area contributed by atoms with E-state index in [0.717, 1.165) is 5.69 Å². The molecule has 1 aliphatic carbocycles. The molecule has 1 fully saturated rings. The molecule has 1 aromatic carbocycles. The van der Waals surface area contributed by atoms with E-state index in [1.807, 2.05) is 6.07 Å². The van der Waals surface area contributed by atoms with Crippen molar-refractivity contribution < 1.29 is 4.39 Å². The molecule has 0 bridgehead atoms. The van der Waals surface area contributed by atoms with Crippen LogP contribution < -0.4 is 5.32 Å². The van der Waals surface area contributed by atoms with E-state index < -0.39 is 0 Å². The first kappa shape index (κ1) is 9.20. The molecular formula is C13H16FN. The highest BCUT2D eigenvalue weighted by atomic mass is 19.1. The first-order chi connectivity index (χ1) is 7.34. The molecule has 1 aliphatic heterocycles. The summed E-state index contributed by atoms with van der Waals surface area (Å²) < 4.78 is 13.1. The maximum absolute atomic E-state index is 13.1. The van der Waals surface area contributed by atoms with E-state index in [-0.39, 0.29) is 5.82 Å². The lowest BCUT2D eigenvalue weighted by atomic mass is 9.91.